The summed E-state index contributed by atoms with van der Waals surface area (Å²) in [5.41, 5.74) is 0. The van der Waals surface area contributed by atoms with Crippen molar-refractivity contribution in [2.75, 3.05) is 26.2 Å². The zero-order chi connectivity index (χ0) is 16.9. The van der Waals surface area contributed by atoms with E-state index in [1.54, 1.807) is 30.3 Å². The van der Waals surface area contributed by atoms with Gasteiger partial charge in [-0.15, -0.1) is 0 Å². The first kappa shape index (κ1) is 17.9. The van der Waals surface area contributed by atoms with Gasteiger partial charge >= 0.3 is 0 Å². The molecule has 1 aliphatic heterocycles. The number of sulfonamides is 1. The molecule has 0 radical (unpaired) electrons. The van der Waals surface area contributed by atoms with Gasteiger partial charge in [0.05, 0.1) is 4.90 Å². The first-order valence-corrected chi connectivity index (χ1v) is 9.78. The second-order valence-corrected chi connectivity index (χ2v) is 7.85. The minimum Gasteiger partial charge on any atom is -0.341 e. The Hall–Kier alpha value is -1.40. The van der Waals surface area contributed by atoms with Crippen LogP contribution in [0.4, 0.5) is 0 Å². The van der Waals surface area contributed by atoms with Crippen molar-refractivity contribution in [2.24, 2.45) is 5.92 Å². The SMILES string of the molecule is CCC(CC)C(=O)N1CCCN(S(=O)(=O)c2ccccc2)CC1. The second kappa shape index (κ2) is 7.93. The molecule has 0 saturated carbocycles. The molecule has 0 unspecified atom stereocenters. The Morgan fingerprint density at radius 2 is 1.70 bits per heavy atom. The lowest BCUT2D eigenvalue weighted by molar-refractivity contribution is -0.135. The zero-order valence-corrected chi connectivity index (χ0v) is 14.8. The number of carbonyl (C=O) groups is 1. The molecule has 1 fully saturated rings. The molecule has 1 aromatic carbocycles. The second-order valence-electron chi connectivity index (χ2n) is 5.91. The van der Waals surface area contributed by atoms with Crippen LogP contribution in [0.3, 0.4) is 0 Å². The Kier molecular flexibility index (Phi) is 6.18. The van der Waals surface area contributed by atoms with Crippen molar-refractivity contribution in [2.45, 2.75) is 38.0 Å². The lowest BCUT2D eigenvalue weighted by Crippen LogP contribution is -2.39. The van der Waals surface area contributed by atoms with Crippen molar-refractivity contribution in [3.63, 3.8) is 0 Å². The third-order valence-electron chi connectivity index (χ3n) is 4.48. The Labute approximate surface area is 139 Å². The van der Waals surface area contributed by atoms with Gasteiger partial charge in [-0.25, -0.2) is 8.42 Å². The number of benzene rings is 1. The van der Waals surface area contributed by atoms with Crippen LogP contribution in [0.1, 0.15) is 33.1 Å². The van der Waals surface area contributed by atoms with Crippen LogP contribution in [-0.4, -0.2) is 49.7 Å². The standard InChI is InChI=1S/C17H26N2O3S/c1-3-15(4-2)17(20)18-11-8-12-19(14-13-18)23(21,22)16-9-6-5-7-10-16/h5-7,9-10,15H,3-4,8,11-14H2,1-2H3. The van der Waals surface area contributed by atoms with Crippen LogP contribution in [0.15, 0.2) is 35.2 Å². The number of hydrogen-bond acceptors (Lipinski definition) is 3. The highest BCUT2D eigenvalue weighted by Gasteiger charge is 2.29. The normalized spacial score (nSPS) is 17.3. The van der Waals surface area contributed by atoms with Gasteiger partial charge in [-0.3, -0.25) is 4.79 Å². The summed E-state index contributed by atoms with van der Waals surface area (Å²) in [5, 5.41) is 0. The van der Waals surface area contributed by atoms with E-state index in [4.69, 9.17) is 0 Å². The Balaban J connectivity index is 2.08. The van der Waals surface area contributed by atoms with Crippen molar-refractivity contribution in [3.05, 3.63) is 30.3 Å². The van der Waals surface area contributed by atoms with Crippen LogP contribution in [0.5, 0.6) is 0 Å². The maximum absolute atomic E-state index is 12.7. The van der Waals surface area contributed by atoms with Gasteiger partial charge in [0.2, 0.25) is 15.9 Å². The predicted molar refractivity (Wildman–Crippen MR) is 90.5 cm³/mol. The molecule has 0 aromatic heterocycles. The summed E-state index contributed by atoms with van der Waals surface area (Å²) in [7, 11) is -3.47. The molecule has 0 atom stereocenters. The van der Waals surface area contributed by atoms with E-state index in [0.29, 0.717) is 37.5 Å². The average Bonchev–Trinajstić information content (AvgIpc) is 2.83. The topological polar surface area (TPSA) is 57.7 Å². The molecule has 1 aliphatic rings. The number of carbonyl (C=O) groups excluding carboxylic acids is 1. The summed E-state index contributed by atoms with van der Waals surface area (Å²) in [4.78, 5) is 14.6. The van der Waals surface area contributed by atoms with Crippen LogP contribution in [0.25, 0.3) is 0 Å². The summed E-state index contributed by atoms with van der Waals surface area (Å²) < 4.78 is 26.9. The van der Waals surface area contributed by atoms with Crippen LogP contribution in [-0.2, 0) is 14.8 Å². The van der Waals surface area contributed by atoms with E-state index in [0.717, 1.165) is 12.8 Å². The molecule has 128 valence electrons. The predicted octanol–water partition coefficient (Wildman–Crippen LogP) is 2.35. The summed E-state index contributed by atoms with van der Waals surface area (Å²) in [6.45, 7) is 5.98. The quantitative estimate of drug-likeness (QED) is 0.828. The van der Waals surface area contributed by atoms with Gasteiger partial charge in [-0.2, -0.15) is 4.31 Å². The van der Waals surface area contributed by atoms with Crippen molar-refractivity contribution in [1.29, 1.82) is 0 Å². The highest BCUT2D eigenvalue weighted by Crippen LogP contribution is 2.19. The van der Waals surface area contributed by atoms with Gasteiger partial charge in [0, 0.05) is 32.1 Å². The molecule has 1 saturated heterocycles. The minimum atomic E-state index is -3.47. The molecule has 0 bridgehead atoms. The molecule has 1 amide bonds. The highest BCUT2D eigenvalue weighted by atomic mass is 32.2. The maximum atomic E-state index is 12.7. The largest absolute Gasteiger partial charge is 0.341 e. The Morgan fingerprint density at radius 1 is 1.04 bits per heavy atom. The molecular weight excluding hydrogens is 312 g/mol. The highest BCUT2D eigenvalue weighted by molar-refractivity contribution is 7.89. The molecule has 0 aliphatic carbocycles. The lowest BCUT2D eigenvalue weighted by atomic mass is 10.0. The molecule has 6 heteroatoms. The van der Waals surface area contributed by atoms with Gasteiger partial charge in [0.25, 0.3) is 0 Å². The van der Waals surface area contributed by atoms with Crippen molar-refractivity contribution in [3.8, 4) is 0 Å². The van der Waals surface area contributed by atoms with Crippen LogP contribution in [0, 0.1) is 5.92 Å². The lowest BCUT2D eigenvalue weighted by Gasteiger charge is -2.25. The number of amides is 1. The summed E-state index contributed by atoms with van der Waals surface area (Å²) in [5.74, 6) is 0.209. The van der Waals surface area contributed by atoms with E-state index >= 15 is 0 Å². The fourth-order valence-corrected chi connectivity index (χ4v) is 4.48. The van der Waals surface area contributed by atoms with E-state index in [-0.39, 0.29) is 11.8 Å². The van der Waals surface area contributed by atoms with Crippen molar-refractivity contribution < 1.29 is 13.2 Å². The first-order chi connectivity index (χ1) is 11.0. The van der Waals surface area contributed by atoms with E-state index in [2.05, 4.69) is 0 Å². The van der Waals surface area contributed by atoms with E-state index in [1.807, 2.05) is 18.7 Å². The maximum Gasteiger partial charge on any atom is 0.243 e. The molecule has 0 spiro atoms. The summed E-state index contributed by atoms with van der Waals surface area (Å²) in [6, 6.07) is 8.50. The van der Waals surface area contributed by atoms with E-state index < -0.39 is 10.0 Å². The Bertz CT molecular complexity index is 612. The van der Waals surface area contributed by atoms with E-state index in [9.17, 15) is 13.2 Å². The van der Waals surface area contributed by atoms with Gasteiger partial charge in [0.15, 0.2) is 0 Å². The van der Waals surface area contributed by atoms with Crippen LogP contribution >= 0.6 is 0 Å². The van der Waals surface area contributed by atoms with Crippen molar-refractivity contribution >= 4 is 15.9 Å². The average molecular weight is 338 g/mol. The molecule has 23 heavy (non-hydrogen) atoms. The monoisotopic (exact) mass is 338 g/mol. The van der Waals surface area contributed by atoms with Gasteiger partial charge in [-0.1, -0.05) is 32.0 Å². The number of rotatable bonds is 5. The van der Waals surface area contributed by atoms with Gasteiger partial charge in [0.1, 0.15) is 0 Å². The van der Waals surface area contributed by atoms with Crippen LogP contribution in [0.2, 0.25) is 0 Å². The van der Waals surface area contributed by atoms with Crippen molar-refractivity contribution in [1.82, 2.24) is 9.21 Å². The zero-order valence-electron chi connectivity index (χ0n) is 13.9. The summed E-state index contributed by atoms with van der Waals surface area (Å²) >= 11 is 0. The fraction of sp³-hybridized carbons (Fsp3) is 0.588. The minimum absolute atomic E-state index is 0.0484. The van der Waals surface area contributed by atoms with Crippen LogP contribution < -0.4 is 0 Å². The molecule has 1 aromatic rings. The molecule has 2 rings (SSSR count). The third kappa shape index (κ3) is 4.12. The van der Waals surface area contributed by atoms with E-state index in [1.165, 1.54) is 4.31 Å². The summed E-state index contributed by atoms with van der Waals surface area (Å²) in [6.07, 6.45) is 2.34. The molecule has 1 heterocycles. The fourth-order valence-electron chi connectivity index (χ4n) is 2.99. The third-order valence-corrected chi connectivity index (χ3v) is 6.40. The smallest absolute Gasteiger partial charge is 0.243 e. The number of hydrogen-bond donors (Lipinski definition) is 0. The van der Waals surface area contributed by atoms with Gasteiger partial charge in [-0.05, 0) is 31.4 Å². The molecule has 5 nitrogen and oxygen atoms in total. The Morgan fingerprint density at radius 3 is 2.30 bits per heavy atom. The first-order valence-electron chi connectivity index (χ1n) is 8.34. The van der Waals surface area contributed by atoms with Gasteiger partial charge < -0.3 is 4.90 Å². The molecule has 0 N–H and O–H groups in total. The molecular formula is C17H26N2O3S. The number of nitrogens with zero attached hydrogens (tertiary/aromatic N) is 2.